The lowest BCUT2D eigenvalue weighted by molar-refractivity contribution is 0.0535. The first-order valence-electron chi connectivity index (χ1n) is 3.88. The van der Waals surface area contributed by atoms with Crippen molar-refractivity contribution in [1.29, 1.82) is 0 Å². The highest BCUT2D eigenvalue weighted by Crippen LogP contribution is 1.95. The number of rotatable bonds is 1. The third kappa shape index (κ3) is 2.44. The minimum Gasteiger partial charge on any atom is -0.378 e. The van der Waals surface area contributed by atoms with Crippen molar-refractivity contribution >= 4 is 6.03 Å². The minimum absolute atomic E-state index is 0.101. The van der Waals surface area contributed by atoms with Crippen molar-refractivity contribution in [3.8, 4) is 12.3 Å². The fourth-order valence-electron chi connectivity index (χ4n) is 1.00. The maximum atomic E-state index is 11.2. The number of amides is 2. The van der Waals surface area contributed by atoms with Crippen LogP contribution in [0.1, 0.15) is 0 Å². The molecule has 4 heteroatoms. The summed E-state index contributed by atoms with van der Waals surface area (Å²) in [5, 5.41) is 2.60. The van der Waals surface area contributed by atoms with E-state index in [0.29, 0.717) is 26.3 Å². The molecule has 1 rings (SSSR count). The predicted molar refractivity (Wildman–Crippen MR) is 44.6 cm³/mol. The first-order chi connectivity index (χ1) is 5.84. The number of morpholine rings is 1. The van der Waals surface area contributed by atoms with E-state index in [1.807, 2.05) is 0 Å². The molecule has 0 atom stereocenters. The molecule has 1 aliphatic heterocycles. The molecule has 0 aromatic carbocycles. The number of ether oxygens (including phenoxy) is 1. The smallest absolute Gasteiger partial charge is 0.318 e. The zero-order valence-electron chi connectivity index (χ0n) is 6.88. The molecule has 1 N–H and O–H groups in total. The number of urea groups is 1. The number of hydrogen-bond donors (Lipinski definition) is 1. The van der Waals surface area contributed by atoms with Gasteiger partial charge in [-0.1, -0.05) is 5.92 Å². The van der Waals surface area contributed by atoms with Crippen LogP contribution in [0.2, 0.25) is 0 Å². The molecule has 0 spiro atoms. The molecule has 0 aromatic rings. The van der Waals surface area contributed by atoms with Gasteiger partial charge < -0.3 is 15.0 Å². The molecule has 0 aliphatic carbocycles. The van der Waals surface area contributed by atoms with Crippen molar-refractivity contribution < 1.29 is 9.53 Å². The maximum Gasteiger partial charge on any atom is 0.318 e. The molecule has 66 valence electrons. The molecule has 2 amide bonds. The van der Waals surface area contributed by atoms with E-state index in [1.165, 1.54) is 0 Å². The third-order valence-electron chi connectivity index (χ3n) is 1.64. The second kappa shape index (κ2) is 4.62. The van der Waals surface area contributed by atoms with Gasteiger partial charge in [0.25, 0.3) is 0 Å². The first kappa shape index (κ1) is 8.88. The lowest BCUT2D eigenvalue weighted by Gasteiger charge is -2.26. The van der Waals surface area contributed by atoms with Gasteiger partial charge in [-0.25, -0.2) is 4.79 Å². The van der Waals surface area contributed by atoms with Crippen LogP contribution in [0, 0.1) is 12.3 Å². The number of terminal acetylenes is 1. The van der Waals surface area contributed by atoms with E-state index in [2.05, 4.69) is 11.2 Å². The van der Waals surface area contributed by atoms with Crippen molar-refractivity contribution in [1.82, 2.24) is 10.2 Å². The molecule has 12 heavy (non-hydrogen) atoms. The van der Waals surface area contributed by atoms with Crippen molar-refractivity contribution in [3.05, 3.63) is 0 Å². The summed E-state index contributed by atoms with van der Waals surface area (Å²) in [6.07, 6.45) is 5.00. The fraction of sp³-hybridized carbons (Fsp3) is 0.625. The Kier molecular flexibility index (Phi) is 3.42. The molecule has 1 fully saturated rings. The Labute approximate surface area is 71.9 Å². The highest BCUT2D eigenvalue weighted by atomic mass is 16.5. The lowest BCUT2D eigenvalue weighted by atomic mass is 10.4. The largest absolute Gasteiger partial charge is 0.378 e. The summed E-state index contributed by atoms with van der Waals surface area (Å²) in [4.78, 5) is 12.9. The standard InChI is InChI=1S/C8H12N2O2/c1-2-3-9-8(11)10-4-6-12-7-5-10/h1H,3-7H2,(H,9,11). The zero-order chi connectivity index (χ0) is 8.81. The van der Waals surface area contributed by atoms with Gasteiger partial charge in [0.05, 0.1) is 19.8 Å². The highest BCUT2D eigenvalue weighted by Gasteiger charge is 2.15. The van der Waals surface area contributed by atoms with Crippen molar-refractivity contribution in [2.45, 2.75) is 0 Å². The Balaban J connectivity index is 2.26. The van der Waals surface area contributed by atoms with Crippen molar-refractivity contribution in [2.24, 2.45) is 0 Å². The Hall–Kier alpha value is -1.21. The Morgan fingerprint density at radius 1 is 1.58 bits per heavy atom. The number of nitrogens with zero attached hydrogens (tertiary/aromatic N) is 1. The van der Waals surface area contributed by atoms with E-state index in [0.717, 1.165) is 0 Å². The quantitative estimate of drug-likeness (QED) is 0.544. The summed E-state index contributed by atoms with van der Waals surface area (Å²) in [6, 6.07) is -0.101. The second-order valence-electron chi connectivity index (χ2n) is 2.46. The number of carbonyl (C=O) groups excluding carboxylic acids is 1. The second-order valence-corrected chi connectivity index (χ2v) is 2.46. The van der Waals surface area contributed by atoms with Crippen LogP contribution in [0.3, 0.4) is 0 Å². The molecular formula is C8H12N2O2. The minimum atomic E-state index is -0.101. The van der Waals surface area contributed by atoms with Gasteiger partial charge >= 0.3 is 6.03 Å². The first-order valence-corrected chi connectivity index (χ1v) is 3.88. The van der Waals surface area contributed by atoms with Gasteiger partial charge in [-0.05, 0) is 0 Å². The maximum absolute atomic E-state index is 11.2. The molecule has 0 bridgehead atoms. The summed E-state index contributed by atoms with van der Waals surface area (Å²) < 4.78 is 5.09. The summed E-state index contributed by atoms with van der Waals surface area (Å²) in [5.41, 5.74) is 0. The Morgan fingerprint density at radius 3 is 2.83 bits per heavy atom. The van der Waals surface area contributed by atoms with Gasteiger partial charge in [-0.15, -0.1) is 6.42 Å². The van der Waals surface area contributed by atoms with Gasteiger partial charge in [-0.3, -0.25) is 0 Å². The lowest BCUT2D eigenvalue weighted by Crippen LogP contribution is -2.46. The normalized spacial score (nSPS) is 16.8. The molecule has 1 heterocycles. The summed E-state index contributed by atoms with van der Waals surface area (Å²) >= 11 is 0. The molecule has 1 saturated heterocycles. The molecule has 0 radical (unpaired) electrons. The SMILES string of the molecule is C#CCNC(=O)N1CCOCC1. The highest BCUT2D eigenvalue weighted by molar-refractivity contribution is 5.74. The molecule has 0 aromatic heterocycles. The Bertz CT molecular complexity index is 192. The van der Waals surface area contributed by atoms with Crippen LogP contribution in [-0.4, -0.2) is 43.8 Å². The van der Waals surface area contributed by atoms with Crippen LogP contribution in [0.15, 0.2) is 0 Å². The van der Waals surface area contributed by atoms with Crippen LogP contribution in [-0.2, 0) is 4.74 Å². The average molecular weight is 168 g/mol. The molecule has 0 unspecified atom stereocenters. The van der Waals surface area contributed by atoms with Crippen LogP contribution >= 0.6 is 0 Å². The summed E-state index contributed by atoms with van der Waals surface area (Å²) in [7, 11) is 0. The van der Waals surface area contributed by atoms with Crippen molar-refractivity contribution in [3.63, 3.8) is 0 Å². The zero-order valence-corrected chi connectivity index (χ0v) is 6.88. The van der Waals surface area contributed by atoms with E-state index in [9.17, 15) is 4.79 Å². The number of carbonyl (C=O) groups is 1. The van der Waals surface area contributed by atoms with Gasteiger partial charge in [0.1, 0.15) is 0 Å². The fourth-order valence-corrected chi connectivity index (χ4v) is 1.00. The molecule has 1 aliphatic rings. The van der Waals surface area contributed by atoms with E-state index in [-0.39, 0.29) is 12.6 Å². The van der Waals surface area contributed by atoms with Gasteiger partial charge in [0, 0.05) is 13.1 Å². The third-order valence-corrected chi connectivity index (χ3v) is 1.64. The van der Waals surface area contributed by atoms with Gasteiger partial charge in [-0.2, -0.15) is 0 Å². The van der Waals surface area contributed by atoms with E-state index >= 15 is 0 Å². The van der Waals surface area contributed by atoms with Crippen LogP contribution in [0.5, 0.6) is 0 Å². The molecular weight excluding hydrogens is 156 g/mol. The van der Waals surface area contributed by atoms with Crippen LogP contribution < -0.4 is 5.32 Å². The number of hydrogen-bond acceptors (Lipinski definition) is 2. The molecule has 4 nitrogen and oxygen atoms in total. The van der Waals surface area contributed by atoms with E-state index < -0.39 is 0 Å². The topological polar surface area (TPSA) is 41.6 Å². The van der Waals surface area contributed by atoms with Crippen LogP contribution in [0.25, 0.3) is 0 Å². The van der Waals surface area contributed by atoms with Crippen LogP contribution in [0.4, 0.5) is 4.79 Å². The Morgan fingerprint density at radius 2 is 2.25 bits per heavy atom. The van der Waals surface area contributed by atoms with E-state index in [4.69, 9.17) is 11.2 Å². The molecule has 0 saturated carbocycles. The monoisotopic (exact) mass is 168 g/mol. The predicted octanol–water partition coefficient (Wildman–Crippen LogP) is -0.339. The van der Waals surface area contributed by atoms with Gasteiger partial charge in [0.2, 0.25) is 0 Å². The average Bonchev–Trinajstić information content (AvgIpc) is 2.15. The van der Waals surface area contributed by atoms with Crippen molar-refractivity contribution in [2.75, 3.05) is 32.8 Å². The van der Waals surface area contributed by atoms with E-state index in [1.54, 1.807) is 4.90 Å². The summed E-state index contributed by atoms with van der Waals surface area (Å²) in [6.45, 7) is 2.82. The number of nitrogens with one attached hydrogen (secondary N) is 1. The van der Waals surface area contributed by atoms with Gasteiger partial charge in [0.15, 0.2) is 0 Å². The summed E-state index contributed by atoms with van der Waals surface area (Å²) in [5.74, 6) is 2.35.